The highest BCUT2D eigenvalue weighted by Gasteiger charge is 2.17. The van der Waals surface area contributed by atoms with Gasteiger partial charge in [-0.1, -0.05) is 0 Å². The molecular formula is C13H26N2O3. The normalized spacial score (nSPS) is 17.7. The first-order valence-electron chi connectivity index (χ1n) is 6.68. The van der Waals surface area contributed by atoms with Gasteiger partial charge in [0.2, 0.25) is 5.91 Å². The molecule has 1 aliphatic heterocycles. The standard InChI is InChI=1S/C13H26N2O3/c1-13(2,17-3)10-15-12(16)6-9-18-11-4-7-14-8-5-11/h11,14H,4-10H2,1-3H3,(H,15,16). The summed E-state index contributed by atoms with van der Waals surface area (Å²) < 4.78 is 10.9. The number of hydrogen-bond acceptors (Lipinski definition) is 4. The molecule has 0 bridgehead atoms. The van der Waals surface area contributed by atoms with E-state index in [0.29, 0.717) is 25.7 Å². The molecule has 0 aromatic rings. The SMILES string of the molecule is COC(C)(C)CNC(=O)CCOC1CCNCC1. The minimum absolute atomic E-state index is 0.0223. The number of nitrogens with one attached hydrogen (secondary N) is 2. The van der Waals surface area contributed by atoms with Gasteiger partial charge in [0.05, 0.1) is 18.3 Å². The summed E-state index contributed by atoms with van der Waals surface area (Å²) in [5, 5.41) is 6.14. The maximum atomic E-state index is 11.6. The predicted octanol–water partition coefficient (Wildman–Crippen LogP) is 0.686. The lowest BCUT2D eigenvalue weighted by atomic mass is 10.1. The van der Waals surface area contributed by atoms with Crippen molar-refractivity contribution >= 4 is 5.91 Å². The molecule has 1 amide bonds. The maximum Gasteiger partial charge on any atom is 0.222 e. The number of carbonyl (C=O) groups is 1. The van der Waals surface area contributed by atoms with Gasteiger partial charge in [-0.25, -0.2) is 0 Å². The molecule has 0 unspecified atom stereocenters. The summed E-state index contributed by atoms with van der Waals surface area (Å²) in [5.41, 5.74) is -0.314. The van der Waals surface area contributed by atoms with Gasteiger partial charge < -0.3 is 20.1 Å². The monoisotopic (exact) mass is 258 g/mol. The Kier molecular flexibility index (Phi) is 6.60. The van der Waals surface area contributed by atoms with E-state index in [1.54, 1.807) is 7.11 Å². The number of hydrogen-bond donors (Lipinski definition) is 2. The van der Waals surface area contributed by atoms with Crippen LogP contribution in [0.15, 0.2) is 0 Å². The summed E-state index contributed by atoms with van der Waals surface area (Å²) in [7, 11) is 1.65. The van der Waals surface area contributed by atoms with Gasteiger partial charge in [0.1, 0.15) is 0 Å². The van der Waals surface area contributed by atoms with E-state index in [4.69, 9.17) is 9.47 Å². The molecule has 0 radical (unpaired) electrons. The van der Waals surface area contributed by atoms with Crippen molar-refractivity contribution in [2.45, 2.75) is 44.8 Å². The van der Waals surface area contributed by atoms with Crippen LogP contribution in [0.4, 0.5) is 0 Å². The second kappa shape index (κ2) is 7.71. The molecule has 1 aliphatic rings. The lowest BCUT2D eigenvalue weighted by Crippen LogP contribution is -2.40. The van der Waals surface area contributed by atoms with E-state index in [9.17, 15) is 4.79 Å². The Bertz CT molecular complexity index is 251. The van der Waals surface area contributed by atoms with Crippen molar-refractivity contribution in [3.63, 3.8) is 0 Å². The summed E-state index contributed by atoms with van der Waals surface area (Å²) in [6.45, 7) is 6.94. The van der Waals surface area contributed by atoms with Gasteiger partial charge in [0.15, 0.2) is 0 Å². The number of methoxy groups -OCH3 is 1. The van der Waals surface area contributed by atoms with Crippen LogP contribution in [-0.4, -0.2) is 51.0 Å². The minimum Gasteiger partial charge on any atom is -0.378 e. The van der Waals surface area contributed by atoms with Gasteiger partial charge in [0, 0.05) is 20.1 Å². The Morgan fingerprint density at radius 2 is 2.06 bits per heavy atom. The van der Waals surface area contributed by atoms with Crippen molar-refractivity contribution in [2.24, 2.45) is 0 Å². The fraction of sp³-hybridized carbons (Fsp3) is 0.923. The number of rotatable bonds is 7. The topological polar surface area (TPSA) is 59.6 Å². The van der Waals surface area contributed by atoms with E-state index in [2.05, 4.69) is 10.6 Å². The molecule has 0 atom stereocenters. The molecule has 1 fully saturated rings. The Labute approximate surface area is 110 Å². The number of piperidine rings is 1. The van der Waals surface area contributed by atoms with Crippen molar-refractivity contribution in [3.8, 4) is 0 Å². The Balaban J connectivity index is 2.06. The fourth-order valence-electron chi connectivity index (χ4n) is 1.75. The van der Waals surface area contributed by atoms with Crippen molar-refractivity contribution < 1.29 is 14.3 Å². The largest absolute Gasteiger partial charge is 0.378 e. The summed E-state index contributed by atoms with van der Waals surface area (Å²) in [4.78, 5) is 11.6. The number of amides is 1. The van der Waals surface area contributed by atoms with Crippen molar-refractivity contribution in [2.75, 3.05) is 33.4 Å². The van der Waals surface area contributed by atoms with E-state index >= 15 is 0 Å². The fourth-order valence-corrected chi connectivity index (χ4v) is 1.75. The van der Waals surface area contributed by atoms with Crippen LogP contribution in [0.3, 0.4) is 0 Å². The Hall–Kier alpha value is -0.650. The van der Waals surface area contributed by atoms with Gasteiger partial charge in [-0.3, -0.25) is 4.79 Å². The Morgan fingerprint density at radius 3 is 2.67 bits per heavy atom. The first-order valence-corrected chi connectivity index (χ1v) is 6.68. The van der Waals surface area contributed by atoms with Crippen molar-refractivity contribution in [1.29, 1.82) is 0 Å². The quantitative estimate of drug-likeness (QED) is 0.705. The third-order valence-corrected chi connectivity index (χ3v) is 3.23. The third kappa shape index (κ3) is 6.33. The molecule has 0 aromatic heterocycles. The summed E-state index contributed by atoms with van der Waals surface area (Å²) >= 11 is 0. The summed E-state index contributed by atoms with van der Waals surface area (Å²) in [6.07, 6.45) is 2.81. The summed E-state index contributed by atoms with van der Waals surface area (Å²) in [6, 6.07) is 0. The predicted molar refractivity (Wildman–Crippen MR) is 70.6 cm³/mol. The third-order valence-electron chi connectivity index (χ3n) is 3.23. The minimum atomic E-state index is -0.314. The van der Waals surface area contributed by atoms with Crippen molar-refractivity contribution in [1.82, 2.24) is 10.6 Å². The molecule has 0 spiro atoms. The maximum absolute atomic E-state index is 11.6. The molecular weight excluding hydrogens is 232 g/mol. The van der Waals surface area contributed by atoms with Crippen LogP contribution in [0.5, 0.6) is 0 Å². The smallest absolute Gasteiger partial charge is 0.222 e. The molecule has 18 heavy (non-hydrogen) atoms. The van der Waals surface area contributed by atoms with Gasteiger partial charge in [-0.2, -0.15) is 0 Å². The molecule has 1 heterocycles. The van der Waals surface area contributed by atoms with Crippen LogP contribution < -0.4 is 10.6 Å². The second-order valence-electron chi connectivity index (χ2n) is 5.31. The molecule has 5 nitrogen and oxygen atoms in total. The van der Waals surface area contributed by atoms with Crippen LogP contribution >= 0.6 is 0 Å². The zero-order valence-electron chi connectivity index (χ0n) is 11.8. The van der Waals surface area contributed by atoms with Crippen LogP contribution in [-0.2, 0) is 14.3 Å². The van der Waals surface area contributed by atoms with E-state index in [-0.39, 0.29) is 11.5 Å². The number of ether oxygens (including phenoxy) is 2. The van der Waals surface area contributed by atoms with E-state index in [0.717, 1.165) is 25.9 Å². The first-order chi connectivity index (χ1) is 8.53. The first kappa shape index (κ1) is 15.4. The van der Waals surface area contributed by atoms with Gasteiger partial charge >= 0.3 is 0 Å². The lowest BCUT2D eigenvalue weighted by Gasteiger charge is -2.24. The van der Waals surface area contributed by atoms with Crippen LogP contribution in [0.25, 0.3) is 0 Å². The molecule has 1 rings (SSSR count). The molecule has 0 saturated carbocycles. The average molecular weight is 258 g/mol. The zero-order chi connectivity index (χ0) is 13.4. The van der Waals surface area contributed by atoms with E-state index in [1.165, 1.54) is 0 Å². The van der Waals surface area contributed by atoms with E-state index < -0.39 is 0 Å². The lowest BCUT2D eigenvalue weighted by molar-refractivity contribution is -0.124. The summed E-state index contributed by atoms with van der Waals surface area (Å²) in [5.74, 6) is 0.0223. The number of carbonyl (C=O) groups excluding carboxylic acids is 1. The van der Waals surface area contributed by atoms with Crippen LogP contribution in [0, 0.1) is 0 Å². The molecule has 5 heteroatoms. The zero-order valence-corrected chi connectivity index (χ0v) is 11.8. The highest BCUT2D eigenvalue weighted by Crippen LogP contribution is 2.08. The Morgan fingerprint density at radius 1 is 1.39 bits per heavy atom. The average Bonchev–Trinajstić information content (AvgIpc) is 2.38. The van der Waals surface area contributed by atoms with Gasteiger partial charge in [-0.05, 0) is 39.8 Å². The molecule has 106 valence electrons. The molecule has 1 saturated heterocycles. The van der Waals surface area contributed by atoms with Crippen LogP contribution in [0.1, 0.15) is 33.1 Å². The molecule has 0 aromatic carbocycles. The highest BCUT2D eigenvalue weighted by atomic mass is 16.5. The molecule has 0 aliphatic carbocycles. The molecule has 2 N–H and O–H groups in total. The second-order valence-corrected chi connectivity index (χ2v) is 5.31. The van der Waals surface area contributed by atoms with E-state index in [1.807, 2.05) is 13.8 Å². The van der Waals surface area contributed by atoms with Gasteiger partial charge in [0.25, 0.3) is 0 Å². The van der Waals surface area contributed by atoms with Crippen LogP contribution in [0.2, 0.25) is 0 Å². The highest BCUT2D eigenvalue weighted by molar-refractivity contribution is 5.76. The van der Waals surface area contributed by atoms with Gasteiger partial charge in [-0.15, -0.1) is 0 Å². The van der Waals surface area contributed by atoms with Crippen molar-refractivity contribution in [3.05, 3.63) is 0 Å².